The van der Waals surface area contributed by atoms with Crippen molar-refractivity contribution in [2.75, 3.05) is 0 Å². The lowest BCUT2D eigenvalue weighted by Gasteiger charge is -2.16. The molecule has 1 amide bonds. The monoisotopic (exact) mass is 298 g/mol. The van der Waals surface area contributed by atoms with Gasteiger partial charge in [0.25, 0.3) is 0 Å². The van der Waals surface area contributed by atoms with E-state index in [4.69, 9.17) is 4.52 Å². The van der Waals surface area contributed by atoms with E-state index in [9.17, 15) is 4.79 Å². The van der Waals surface area contributed by atoms with Gasteiger partial charge in [0.2, 0.25) is 5.91 Å². The molecule has 1 aromatic heterocycles. The topological polar surface area (TPSA) is 55.1 Å². The minimum absolute atomic E-state index is 0.0829. The minimum Gasteiger partial charge on any atom is -0.361 e. The molecule has 0 spiro atoms. The quantitative estimate of drug-likeness (QED) is 0.944. The smallest absolute Gasteiger partial charge is 0.223 e. The molecule has 1 aliphatic carbocycles. The van der Waals surface area contributed by atoms with Crippen molar-refractivity contribution in [1.29, 1.82) is 0 Å². The van der Waals surface area contributed by atoms with Crippen LogP contribution < -0.4 is 5.32 Å². The average Bonchev–Trinajstić information content (AvgIpc) is 3.04. The summed E-state index contributed by atoms with van der Waals surface area (Å²) in [4.78, 5) is 12.4. The number of benzene rings is 1. The van der Waals surface area contributed by atoms with E-state index in [0.717, 1.165) is 29.9 Å². The van der Waals surface area contributed by atoms with E-state index < -0.39 is 0 Å². The van der Waals surface area contributed by atoms with Crippen LogP contribution in [-0.2, 0) is 24.1 Å². The van der Waals surface area contributed by atoms with Crippen LogP contribution in [0, 0.1) is 19.8 Å². The Bertz CT molecular complexity index is 646. The van der Waals surface area contributed by atoms with Crippen LogP contribution in [0.25, 0.3) is 0 Å². The molecule has 1 N–H and O–H groups in total. The van der Waals surface area contributed by atoms with Crippen molar-refractivity contribution in [2.45, 2.75) is 46.1 Å². The summed E-state index contributed by atoms with van der Waals surface area (Å²) in [6.07, 6.45) is 2.53. The fourth-order valence-corrected chi connectivity index (χ4v) is 3.20. The number of nitrogens with one attached hydrogen (secondary N) is 1. The summed E-state index contributed by atoms with van der Waals surface area (Å²) in [7, 11) is 0. The van der Waals surface area contributed by atoms with Crippen LogP contribution in [0.1, 0.15) is 35.1 Å². The van der Waals surface area contributed by atoms with Crippen LogP contribution >= 0.6 is 0 Å². The van der Waals surface area contributed by atoms with Crippen LogP contribution in [0.3, 0.4) is 0 Å². The largest absolute Gasteiger partial charge is 0.361 e. The van der Waals surface area contributed by atoms with Gasteiger partial charge in [-0.15, -0.1) is 0 Å². The summed E-state index contributed by atoms with van der Waals surface area (Å²) in [6, 6.07) is 8.63. The van der Waals surface area contributed by atoms with Crippen molar-refractivity contribution in [3.63, 3.8) is 0 Å². The minimum atomic E-state index is -0.0829. The van der Waals surface area contributed by atoms with E-state index in [1.807, 2.05) is 20.8 Å². The number of fused-ring (bicyclic) bond motifs is 1. The molecule has 1 atom stereocenters. The predicted octanol–water partition coefficient (Wildman–Crippen LogP) is 2.75. The number of carbonyl (C=O) groups excluding carboxylic acids is 1. The predicted molar refractivity (Wildman–Crippen MR) is 84.6 cm³/mol. The highest BCUT2D eigenvalue weighted by Crippen LogP contribution is 2.22. The molecule has 0 radical (unpaired) electrons. The van der Waals surface area contributed by atoms with Gasteiger partial charge in [0.15, 0.2) is 0 Å². The van der Waals surface area contributed by atoms with Gasteiger partial charge in [-0.1, -0.05) is 36.3 Å². The van der Waals surface area contributed by atoms with Gasteiger partial charge in [0, 0.05) is 17.5 Å². The second-order valence-electron chi connectivity index (χ2n) is 6.29. The van der Waals surface area contributed by atoms with Gasteiger partial charge in [-0.3, -0.25) is 4.79 Å². The van der Waals surface area contributed by atoms with Gasteiger partial charge in [-0.25, -0.2) is 0 Å². The molecule has 0 saturated heterocycles. The maximum absolute atomic E-state index is 12.4. The van der Waals surface area contributed by atoms with E-state index in [1.54, 1.807) is 0 Å². The maximum atomic E-state index is 12.4. The molecule has 1 aromatic carbocycles. The molecule has 3 rings (SSSR count). The van der Waals surface area contributed by atoms with Crippen molar-refractivity contribution < 1.29 is 9.32 Å². The Kier molecular flexibility index (Phi) is 4.01. The second kappa shape index (κ2) is 5.95. The van der Waals surface area contributed by atoms with E-state index in [2.05, 4.69) is 34.7 Å². The first-order valence-electron chi connectivity index (χ1n) is 7.83. The molecule has 0 bridgehead atoms. The maximum Gasteiger partial charge on any atom is 0.223 e. The summed E-state index contributed by atoms with van der Waals surface area (Å²) in [5.74, 6) is 0.837. The van der Waals surface area contributed by atoms with Crippen molar-refractivity contribution >= 4 is 5.91 Å². The average molecular weight is 298 g/mol. The van der Waals surface area contributed by atoms with Crippen LogP contribution in [0.4, 0.5) is 0 Å². The number of aryl methyl sites for hydroxylation is 2. The number of nitrogens with zero attached hydrogens (tertiary/aromatic N) is 1. The molecule has 0 fully saturated rings. The van der Waals surface area contributed by atoms with Crippen molar-refractivity contribution in [2.24, 2.45) is 5.92 Å². The number of rotatable bonds is 4. The molecule has 0 aliphatic heterocycles. The summed E-state index contributed by atoms with van der Waals surface area (Å²) in [5.41, 5.74) is 4.64. The van der Waals surface area contributed by atoms with Crippen molar-refractivity contribution in [1.82, 2.24) is 10.5 Å². The first-order chi connectivity index (χ1) is 10.5. The van der Waals surface area contributed by atoms with Crippen LogP contribution in [0.2, 0.25) is 0 Å². The van der Waals surface area contributed by atoms with Gasteiger partial charge in [-0.2, -0.15) is 0 Å². The van der Waals surface area contributed by atoms with E-state index in [0.29, 0.717) is 6.42 Å². The summed E-state index contributed by atoms with van der Waals surface area (Å²) < 4.78 is 5.17. The summed E-state index contributed by atoms with van der Waals surface area (Å²) >= 11 is 0. The number of amides is 1. The Morgan fingerprint density at radius 1 is 1.32 bits per heavy atom. The van der Waals surface area contributed by atoms with Crippen LogP contribution in [0.15, 0.2) is 28.8 Å². The highest BCUT2D eigenvalue weighted by Gasteiger charge is 2.25. The molecule has 0 saturated carbocycles. The van der Waals surface area contributed by atoms with Crippen LogP contribution in [0.5, 0.6) is 0 Å². The number of carbonyl (C=O) groups is 1. The van der Waals surface area contributed by atoms with Gasteiger partial charge in [0.1, 0.15) is 5.76 Å². The third kappa shape index (κ3) is 2.91. The lowest BCUT2D eigenvalue weighted by molar-refractivity contribution is -0.125. The number of hydrogen-bond acceptors (Lipinski definition) is 3. The van der Waals surface area contributed by atoms with E-state index >= 15 is 0 Å². The zero-order chi connectivity index (χ0) is 15.7. The SMILES string of the molecule is Cc1noc(C)c1CC(C)C(=O)NC1Cc2ccccc2C1. The fourth-order valence-electron chi connectivity index (χ4n) is 3.20. The Balaban J connectivity index is 1.59. The van der Waals surface area contributed by atoms with E-state index in [-0.39, 0.29) is 17.9 Å². The second-order valence-corrected chi connectivity index (χ2v) is 6.29. The first kappa shape index (κ1) is 14.8. The van der Waals surface area contributed by atoms with Crippen molar-refractivity contribution in [3.8, 4) is 0 Å². The summed E-state index contributed by atoms with van der Waals surface area (Å²) in [5, 5.41) is 7.14. The lowest BCUT2D eigenvalue weighted by atomic mass is 9.98. The Morgan fingerprint density at radius 3 is 2.50 bits per heavy atom. The molecule has 2 aromatic rings. The zero-order valence-corrected chi connectivity index (χ0v) is 13.3. The highest BCUT2D eigenvalue weighted by atomic mass is 16.5. The lowest BCUT2D eigenvalue weighted by Crippen LogP contribution is -2.39. The Labute approximate surface area is 130 Å². The van der Waals surface area contributed by atoms with Crippen molar-refractivity contribution in [3.05, 3.63) is 52.4 Å². The Hall–Kier alpha value is -2.10. The molecule has 1 unspecified atom stereocenters. The third-order valence-corrected chi connectivity index (χ3v) is 4.54. The fraction of sp³-hybridized carbons (Fsp3) is 0.444. The Morgan fingerprint density at radius 2 is 1.95 bits per heavy atom. The number of aromatic nitrogens is 1. The molecular weight excluding hydrogens is 276 g/mol. The van der Waals surface area contributed by atoms with Gasteiger partial charge < -0.3 is 9.84 Å². The van der Waals surface area contributed by atoms with Gasteiger partial charge in [-0.05, 0) is 44.2 Å². The van der Waals surface area contributed by atoms with E-state index in [1.165, 1.54) is 11.1 Å². The molecule has 4 nitrogen and oxygen atoms in total. The third-order valence-electron chi connectivity index (χ3n) is 4.54. The van der Waals surface area contributed by atoms with Crippen LogP contribution in [-0.4, -0.2) is 17.1 Å². The standard InChI is InChI=1S/C18H22N2O2/c1-11(8-17-12(2)20-22-13(17)3)18(21)19-16-9-14-6-4-5-7-15(14)10-16/h4-7,11,16H,8-10H2,1-3H3,(H,19,21). The molecule has 116 valence electrons. The zero-order valence-electron chi connectivity index (χ0n) is 13.3. The molecule has 4 heteroatoms. The number of hydrogen-bond donors (Lipinski definition) is 1. The molecule has 1 aliphatic rings. The molecular formula is C18H22N2O2. The highest BCUT2D eigenvalue weighted by molar-refractivity contribution is 5.79. The summed E-state index contributed by atoms with van der Waals surface area (Å²) in [6.45, 7) is 5.78. The molecule has 1 heterocycles. The van der Waals surface area contributed by atoms with Gasteiger partial charge in [0.05, 0.1) is 5.69 Å². The first-order valence-corrected chi connectivity index (χ1v) is 7.83. The normalized spacial score (nSPS) is 15.6. The molecule has 22 heavy (non-hydrogen) atoms. The van der Waals surface area contributed by atoms with Gasteiger partial charge >= 0.3 is 0 Å².